The van der Waals surface area contributed by atoms with Gasteiger partial charge in [-0.05, 0) is 67.0 Å². The van der Waals surface area contributed by atoms with Gasteiger partial charge in [-0.1, -0.05) is 25.0 Å². The average molecular weight is 405 g/mol. The predicted octanol–water partition coefficient (Wildman–Crippen LogP) is 5.06. The number of carbonyl (C=O) groups is 1. The second-order valence-electron chi connectivity index (χ2n) is 8.35. The number of carbonyl (C=O) groups excluding carboxylic acids is 1. The minimum atomic E-state index is -0.147. The van der Waals surface area contributed by atoms with E-state index in [-0.39, 0.29) is 5.91 Å². The molecule has 0 saturated heterocycles. The first-order chi connectivity index (χ1) is 14.7. The quantitative estimate of drug-likeness (QED) is 0.585. The highest BCUT2D eigenvalue weighted by Gasteiger charge is 2.28. The highest BCUT2D eigenvalue weighted by molar-refractivity contribution is 6.07. The number of hydrogen-bond acceptors (Lipinski definition) is 4. The topological polar surface area (TPSA) is 48.0 Å². The van der Waals surface area contributed by atoms with Crippen molar-refractivity contribution in [1.29, 1.82) is 0 Å². The lowest BCUT2D eigenvalue weighted by Crippen LogP contribution is -2.27. The van der Waals surface area contributed by atoms with Crippen LogP contribution in [0, 0.1) is 5.92 Å². The van der Waals surface area contributed by atoms with Gasteiger partial charge in [-0.25, -0.2) is 0 Å². The van der Waals surface area contributed by atoms with Crippen LogP contribution in [-0.2, 0) is 4.79 Å². The summed E-state index contributed by atoms with van der Waals surface area (Å²) in [6.45, 7) is 1.17. The van der Waals surface area contributed by atoms with Crippen LogP contribution in [0.15, 0.2) is 54.3 Å². The highest BCUT2D eigenvalue weighted by Crippen LogP contribution is 2.40. The molecule has 0 unspecified atom stereocenters. The summed E-state index contributed by atoms with van der Waals surface area (Å²) >= 11 is 0. The van der Waals surface area contributed by atoms with E-state index >= 15 is 0 Å². The Morgan fingerprint density at radius 2 is 1.80 bits per heavy atom. The molecule has 2 saturated carbocycles. The summed E-state index contributed by atoms with van der Waals surface area (Å²) in [7, 11) is 1.62. The predicted molar refractivity (Wildman–Crippen MR) is 115 cm³/mol. The largest absolute Gasteiger partial charge is 0.493 e. The third-order valence-electron chi connectivity index (χ3n) is 6.01. The smallest absolute Gasteiger partial charge is 0.294 e. The van der Waals surface area contributed by atoms with E-state index in [9.17, 15) is 4.79 Å². The number of benzene rings is 2. The molecule has 5 nitrogen and oxygen atoms in total. The van der Waals surface area contributed by atoms with Gasteiger partial charge in [-0.2, -0.15) is 0 Å². The molecule has 0 radical (unpaired) electrons. The fraction of sp³-hybridized carbons (Fsp3) is 0.400. The summed E-state index contributed by atoms with van der Waals surface area (Å²) in [6, 6.07) is 13.7. The van der Waals surface area contributed by atoms with E-state index in [2.05, 4.69) is 12.1 Å². The number of ether oxygens (including phenoxy) is 3. The minimum absolute atomic E-state index is 0.147. The fourth-order valence-electron chi connectivity index (χ4n) is 3.82. The lowest BCUT2D eigenvalue weighted by Gasteiger charge is -2.19. The van der Waals surface area contributed by atoms with E-state index in [1.54, 1.807) is 12.0 Å². The van der Waals surface area contributed by atoms with Crippen LogP contribution in [0.4, 0.5) is 5.69 Å². The van der Waals surface area contributed by atoms with Gasteiger partial charge in [0.2, 0.25) is 0 Å². The van der Waals surface area contributed by atoms with Crippen LogP contribution >= 0.6 is 0 Å². The van der Waals surface area contributed by atoms with Gasteiger partial charge in [0.05, 0.1) is 13.7 Å². The van der Waals surface area contributed by atoms with Crippen LogP contribution in [0.5, 0.6) is 17.2 Å². The van der Waals surface area contributed by atoms with Crippen LogP contribution in [0.3, 0.4) is 0 Å². The van der Waals surface area contributed by atoms with Crippen molar-refractivity contribution >= 4 is 11.6 Å². The number of methoxy groups -OCH3 is 1. The van der Waals surface area contributed by atoms with Gasteiger partial charge in [0.25, 0.3) is 5.91 Å². The number of nitrogens with zero attached hydrogens (tertiary/aromatic N) is 1. The summed E-state index contributed by atoms with van der Waals surface area (Å²) in [5, 5.41) is 0. The average Bonchev–Trinajstić information content (AvgIpc) is 3.69. The van der Waals surface area contributed by atoms with E-state index in [1.165, 1.54) is 31.2 Å². The second kappa shape index (κ2) is 8.05. The molecule has 2 aliphatic carbocycles. The molecule has 0 atom stereocenters. The van der Waals surface area contributed by atoms with E-state index in [0.717, 1.165) is 18.0 Å². The third kappa shape index (κ3) is 4.16. The van der Waals surface area contributed by atoms with Crippen molar-refractivity contribution in [2.45, 2.75) is 38.0 Å². The third-order valence-corrected chi connectivity index (χ3v) is 6.01. The zero-order valence-electron chi connectivity index (χ0n) is 17.3. The first kappa shape index (κ1) is 19.0. The standard InChI is InChI=1S/C25H27NO4/c1-28-24-16-20(8-11-22(24)29-15-13-17-2-3-17)26-14-12-23(25(26)27)30-21-9-6-19(7-10-21)18-4-5-18/h6-12,16-18H,2-5,13-15H2,1H3. The molecular weight excluding hydrogens is 378 g/mol. The first-order valence-electron chi connectivity index (χ1n) is 10.8. The molecule has 1 aliphatic heterocycles. The van der Waals surface area contributed by atoms with Crippen molar-refractivity contribution in [2.75, 3.05) is 25.2 Å². The molecule has 5 heteroatoms. The van der Waals surface area contributed by atoms with Gasteiger partial charge < -0.3 is 19.1 Å². The summed E-state index contributed by atoms with van der Waals surface area (Å²) in [6.07, 6.45) is 8.09. The van der Waals surface area contributed by atoms with E-state index in [1.807, 2.05) is 36.4 Å². The van der Waals surface area contributed by atoms with Gasteiger partial charge in [-0.15, -0.1) is 0 Å². The molecule has 0 N–H and O–H groups in total. The normalized spacial score (nSPS) is 18.4. The molecule has 1 heterocycles. The molecule has 30 heavy (non-hydrogen) atoms. The molecule has 2 aromatic rings. The summed E-state index contributed by atoms with van der Waals surface area (Å²) in [4.78, 5) is 14.6. The number of hydrogen-bond donors (Lipinski definition) is 0. The second-order valence-corrected chi connectivity index (χ2v) is 8.35. The molecule has 5 rings (SSSR count). The minimum Gasteiger partial charge on any atom is -0.493 e. The SMILES string of the molecule is COc1cc(N2CC=C(Oc3ccc(C4CC4)cc3)C2=O)ccc1OCCC1CC1. The van der Waals surface area contributed by atoms with E-state index < -0.39 is 0 Å². The molecule has 2 aromatic carbocycles. The molecule has 0 spiro atoms. The van der Waals surface area contributed by atoms with Crippen LogP contribution in [0.25, 0.3) is 0 Å². The van der Waals surface area contributed by atoms with Gasteiger partial charge >= 0.3 is 0 Å². The van der Waals surface area contributed by atoms with Crippen LogP contribution < -0.4 is 19.1 Å². The van der Waals surface area contributed by atoms with Crippen LogP contribution in [0.1, 0.15) is 43.6 Å². The Labute approximate surface area is 177 Å². The van der Waals surface area contributed by atoms with Gasteiger partial charge in [0.15, 0.2) is 17.3 Å². The van der Waals surface area contributed by atoms with Gasteiger partial charge in [0.1, 0.15) is 5.75 Å². The number of amides is 1. The summed E-state index contributed by atoms with van der Waals surface area (Å²) in [5.74, 6) is 3.79. The zero-order valence-corrected chi connectivity index (χ0v) is 17.3. The molecule has 3 aliphatic rings. The van der Waals surface area contributed by atoms with Crippen LogP contribution in [0.2, 0.25) is 0 Å². The van der Waals surface area contributed by atoms with Crippen molar-refractivity contribution in [2.24, 2.45) is 5.92 Å². The van der Waals surface area contributed by atoms with E-state index in [0.29, 0.717) is 42.1 Å². The molecule has 0 bridgehead atoms. The summed E-state index contributed by atoms with van der Waals surface area (Å²) < 4.78 is 17.3. The molecule has 156 valence electrons. The van der Waals surface area contributed by atoms with Crippen molar-refractivity contribution in [3.05, 3.63) is 59.9 Å². The maximum absolute atomic E-state index is 12.9. The lowest BCUT2D eigenvalue weighted by molar-refractivity contribution is -0.116. The van der Waals surface area contributed by atoms with Gasteiger partial charge in [-0.3, -0.25) is 4.79 Å². The fourth-order valence-corrected chi connectivity index (χ4v) is 3.82. The molecule has 0 aromatic heterocycles. The maximum atomic E-state index is 12.9. The van der Waals surface area contributed by atoms with E-state index in [4.69, 9.17) is 14.2 Å². The van der Waals surface area contributed by atoms with Gasteiger partial charge in [0, 0.05) is 18.3 Å². The molecule has 2 fully saturated rings. The maximum Gasteiger partial charge on any atom is 0.294 e. The Morgan fingerprint density at radius 1 is 1.00 bits per heavy atom. The van der Waals surface area contributed by atoms with Crippen molar-refractivity contribution < 1.29 is 19.0 Å². The number of anilines is 1. The molecular formula is C25H27NO4. The Hall–Kier alpha value is -2.95. The zero-order chi connectivity index (χ0) is 20.5. The first-order valence-corrected chi connectivity index (χ1v) is 10.8. The highest BCUT2D eigenvalue weighted by atomic mass is 16.5. The van der Waals surface area contributed by atoms with Crippen molar-refractivity contribution in [3.63, 3.8) is 0 Å². The monoisotopic (exact) mass is 405 g/mol. The van der Waals surface area contributed by atoms with Crippen molar-refractivity contribution in [1.82, 2.24) is 0 Å². The summed E-state index contributed by atoms with van der Waals surface area (Å²) in [5.41, 5.74) is 2.12. The Morgan fingerprint density at radius 3 is 2.50 bits per heavy atom. The lowest BCUT2D eigenvalue weighted by atomic mass is 10.1. The number of rotatable bonds is 9. The van der Waals surface area contributed by atoms with Crippen molar-refractivity contribution in [3.8, 4) is 17.2 Å². The van der Waals surface area contributed by atoms with Crippen LogP contribution in [-0.4, -0.2) is 26.2 Å². The Bertz CT molecular complexity index is 958. The Kier molecular flexibility index (Phi) is 5.11. The molecule has 1 amide bonds. The Balaban J connectivity index is 1.23.